The number of Topliss-reactive ketones (excluding diaryl/α,β-unsaturated/α-hetero) is 1. The van der Waals surface area contributed by atoms with E-state index in [4.69, 9.17) is 0 Å². The van der Waals surface area contributed by atoms with Crippen molar-refractivity contribution in [2.75, 3.05) is 13.1 Å². The molecule has 0 saturated heterocycles. The van der Waals surface area contributed by atoms with E-state index in [2.05, 4.69) is 25.7 Å². The molecule has 0 aromatic carbocycles. The summed E-state index contributed by atoms with van der Waals surface area (Å²) in [5, 5.41) is 0. The topological polar surface area (TPSA) is 20.3 Å². The molecule has 2 fully saturated rings. The van der Waals surface area contributed by atoms with Crippen LogP contribution in [0.3, 0.4) is 0 Å². The van der Waals surface area contributed by atoms with Crippen LogP contribution in [0.2, 0.25) is 0 Å². The highest BCUT2D eigenvalue weighted by Crippen LogP contribution is 2.32. The number of carbonyl (C=O) groups excluding carboxylic acids is 1. The lowest BCUT2D eigenvalue weighted by Crippen LogP contribution is -2.43. The fraction of sp³-hybridized carbons (Fsp3) is 0.947. The van der Waals surface area contributed by atoms with Crippen LogP contribution in [0.25, 0.3) is 0 Å². The molecular weight excluding hydrogens is 258 g/mol. The van der Waals surface area contributed by atoms with Gasteiger partial charge in [-0.25, -0.2) is 0 Å². The predicted molar refractivity (Wildman–Crippen MR) is 89.4 cm³/mol. The molecule has 0 aromatic rings. The van der Waals surface area contributed by atoms with Crippen LogP contribution in [-0.4, -0.2) is 29.8 Å². The lowest BCUT2D eigenvalue weighted by molar-refractivity contribution is -0.126. The molecule has 2 atom stereocenters. The smallest absolute Gasteiger partial charge is 0.137 e. The van der Waals surface area contributed by atoms with Crippen molar-refractivity contribution < 1.29 is 4.79 Å². The van der Waals surface area contributed by atoms with E-state index in [0.717, 1.165) is 37.8 Å². The Kier molecular flexibility index (Phi) is 6.73. The summed E-state index contributed by atoms with van der Waals surface area (Å²) >= 11 is 0. The lowest BCUT2D eigenvalue weighted by atomic mass is 9.78. The molecule has 0 radical (unpaired) electrons. The molecule has 0 N–H and O–H groups in total. The standard InChI is InChI=1S/C19H35NO/c1-4-7-16-10-11-19(21)17(12-16)14-20(13-15(2)3)18-8-5-6-9-18/h15-18H,4-14H2,1-3H3. The summed E-state index contributed by atoms with van der Waals surface area (Å²) in [7, 11) is 0. The molecule has 2 rings (SSSR count). The molecule has 2 aliphatic rings. The van der Waals surface area contributed by atoms with E-state index in [1.165, 1.54) is 45.1 Å². The molecule has 2 nitrogen and oxygen atoms in total. The molecular formula is C19H35NO. The summed E-state index contributed by atoms with van der Waals surface area (Å²) < 4.78 is 0. The van der Waals surface area contributed by atoms with Crippen LogP contribution < -0.4 is 0 Å². The minimum absolute atomic E-state index is 0.328. The van der Waals surface area contributed by atoms with Crippen molar-refractivity contribution in [2.45, 2.75) is 84.6 Å². The second kappa shape index (κ2) is 8.31. The molecule has 122 valence electrons. The highest BCUT2D eigenvalue weighted by molar-refractivity contribution is 5.82. The third-order valence-electron chi connectivity index (χ3n) is 5.46. The Morgan fingerprint density at radius 2 is 1.90 bits per heavy atom. The van der Waals surface area contributed by atoms with Crippen LogP contribution in [0.1, 0.15) is 78.6 Å². The van der Waals surface area contributed by atoms with E-state index < -0.39 is 0 Å². The van der Waals surface area contributed by atoms with Crippen molar-refractivity contribution in [2.24, 2.45) is 17.8 Å². The Hall–Kier alpha value is -0.370. The average Bonchev–Trinajstić information content (AvgIpc) is 2.95. The van der Waals surface area contributed by atoms with Crippen molar-refractivity contribution in [3.05, 3.63) is 0 Å². The summed E-state index contributed by atoms with van der Waals surface area (Å²) in [4.78, 5) is 15.0. The van der Waals surface area contributed by atoms with Gasteiger partial charge in [0.2, 0.25) is 0 Å². The van der Waals surface area contributed by atoms with Crippen molar-refractivity contribution in [3.8, 4) is 0 Å². The van der Waals surface area contributed by atoms with Crippen LogP contribution in [0.5, 0.6) is 0 Å². The van der Waals surface area contributed by atoms with Crippen molar-refractivity contribution in [1.29, 1.82) is 0 Å². The van der Waals surface area contributed by atoms with Gasteiger partial charge in [-0.3, -0.25) is 9.69 Å². The zero-order valence-electron chi connectivity index (χ0n) is 14.4. The summed E-state index contributed by atoms with van der Waals surface area (Å²) in [5.41, 5.74) is 0. The summed E-state index contributed by atoms with van der Waals surface area (Å²) in [6.45, 7) is 9.11. The van der Waals surface area contributed by atoms with Crippen LogP contribution in [0.4, 0.5) is 0 Å². The molecule has 0 aliphatic heterocycles. The van der Waals surface area contributed by atoms with Gasteiger partial charge in [-0.2, -0.15) is 0 Å². The van der Waals surface area contributed by atoms with Gasteiger partial charge in [-0.15, -0.1) is 0 Å². The highest BCUT2D eigenvalue weighted by Gasteiger charge is 2.32. The summed E-state index contributed by atoms with van der Waals surface area (Å²) in [5.74, 6) is 2.39. The van der Waals surface area contributed by atoms with Crippen molar-refractivity contribution in [3.63, 3.8) is 0 Å². The number of nitrogens with zero attached hydrogens (tertiary/aromatic N) is 1. The molecule has 0 spiro atoms. The normalized spacial score (nSPS) is 28.0. The van der Waals surface area contributed by atoms with Crippen molar-refractivity contribution in [1.82, 2.24) is 4.90 Å². The molecule has 0 amide bonds. The lowest BCUT2D eigenvalue weighted by Gasteiger charge is -2.36. The largest absolute Gasteiger partial charge is 0.299 e. The van der Waals surface area contributed by atoms with Gasteiger partial charge in [0, 0.05) is 31.5 Å². The first-order valence-electron chi connectivity index (χ1n) is 9.36. The van der Waals surface area contributed by atoms with E-state index in [1.54, 1.807) is 0 Å². The Balaban J connectivity index is 1.94. The SMILES string of the molecule is CCCC1CCC(=O)C(CN(CC(C)C)C2CCCC2)C1. The maximum absolute atomic E-state index is 12.4. The first-order valence-corrected chi connectivity index (χ1v) is 9.36. The first kappa shape index (κ1) is 17.0. The highest BCUT2D eigenvalue weighted by atomic mass is 16.1. The Bertz CT molecular complexity index is 320. The second-order valence-corrected chi connectivity index (χ2v) is 7.88. The second-order valence-electron chi connectivity index (χ2n) is 7.88. The van der Waals surface area contributed by atoms with Gasteiger partial charge in [0.05, 0.1) is 0 Å². The van der Waals surface area contributed by atoms with E-state index in [1.807, 2.05) is 0 Å². The quantitative estimate of drug-likeness (QED) is 0.679. The monoisotopic (exact) mass is 293 g/mol. The number of hydrogen-bond acceptors (Lipinski definition) is 2. The third kappa shape index (κ3) is 5.09. The molecule has 21 heavy (non-hydrogen) atoms. The van der Waals surface area contributed by atoms with Gasteiger partial charge in [0.25, 0.3) is 0 Å². The zero-order chi connectivity index (χ0) is 15.2. The number of carbonyl (C=O) groups is 1. The molecule has 2 aliphatic carbocycles. The van der Waals surface area contributed by atoms with Gasteiger partial charge in [0.15, 0.2) is 0 Å². The minimum Gasteiger partial charge on any atom is -0.299 e. The third-order valence-corrected chi connectivity index (χ3v) is 5.46. The average molecular weight is 293 g/mol. The van der Waals surface area contributed by atoms with Gasteiger partial charge in [-0.05, 0) is 37.5 Å². The molecule has 0 bridgehead atoms. The number of hydrogen-bond donors (Lipinski definition) is 0. The molecule has 0 aromatic heterocycles. The van der Waals surface area contributed by atoms with Crippen LogP contribution in [-0.2, 0) is 4.79 Å². The van der Waals surface area contributed by atoms with Gasteiger partial charge in [-0.1, -0.05) is 46.5 Å². The van der Waals surface area contributed by atoms with E-state index >= 15 is 0 Å². The molecule has 2 heteroatoms. The zero-order valence-corrected chi connectivity index (χ0v) is 14.4. The number of ketones is 1. The van der Waals surface area contributed by atoms with E-state index in [-0.39, 0.29) is 0 Å². The van der Waals surface area contributed by atoms with Crippen LogP contribution >= 0.6 is 0 Å². The van der Waals surface area contributed by atoms with Crippen LogP contribution in [0.15, 0.2) is 0 Å². The Morgan fingerprint density at radius 3 is 2.52 bits per heavy atom. The predicted octanol–water partition coefficient (Wildman–Crippen LogP) is 4.67. The molecule has 2 saturated carbocycles. The fourth-order valence-corrected chi connectivity index (χ4v) is 4.44. The van der Waals surface area contributed by atoms with E-state index in [0.29, 0.717) is 17.6 Å². The Labute approximate surface area is 131 Å². The van der Waals surface area contributed by atoms with Gasteiger partial charge < -0.3 is 0 Å². The first-order chi connectivity index (χ1) is 10.1. The maximum atomic E-state index is 12.4. The maximum Gasteiger partial charge on any atom is 0.137 e. The molecule has 0 heterocycles. The van der Waals surface area contributed by atoms with Gasteiger partial charge in [0.1, 0.15) is 5.78 Å². The summed E-state index contributed by atoms with van der Waals surface area (Å²) in [6.07, 6.45) is 11.2. The summed E-state index contributed by atoms with van der Waals surface area (Å²) in [6, 6.07) is 0.756. The van der Waals surface area contributed by atoms with Gasteiger partial charge >= 0.3 is 0 Å². The molecule has 2 unspecified atom stereocenters. The van der Waals surface area contributed by atoms with E-state index in [9.17, 15) is 4.79 Å². The number of rotatable bonds is 7. The Morgan fingerprint density at radius 1 is 1.19 bits per heavy atom. The fourth-order valence-electron chi connectivity index (χ4n) is 4.44. The van der Waals surface area contributed by atoms with Crippen molar-refractivity contribution >= 4 is 5.78 Å². The van der Waals surface area contributed by atoms with Crippen LogP contribution in [0, 0.1) is 17.8 Å². The minimum atomic E-state index is 0.328.